The Kier molecular flexibility index (Phi) is 7.17. The van der Waals surface area contributed by atoms with Gasteiger partial charge in [0.2, 0.25) is 0 Å². The molecule has 0 aromatic heterocycles. The fraction of sp³-hybridized carbons (Fsp3) is 0.333. The van der Waals surface area contributed by atoms with Gasteiger partial charge in [-0.2, -0.15) is 0 Å². The summed E-state index contributed by atoms with van der Waals surface area (Å²) in [5.74, 6) is 3.07. The molecule has 1 atom stereocenters. The van der Waals surface area contributed by atoms with Crippen molar-refractivity contribution < 1.29 is 18.9 Å². The molecule has 32 heavy (non-hydrogen) atoms. The highest BCUT2D eigenvalue weighted by Crippen LogP contribution is 2.43. The molecule has 4 rings (SSSR count). The number of benzene rings is 3. The Bertz CT molecular complexity index is 1040. The van der Waals surface area contributed by atoms with Crippen molar-refractivity contribution in [3.8, 4) is 23.0 Å². The molecule has 0 aliphatic carbocycles. The lowest BCUT2D eigenvalue weighted by atomic mass is 9.88. The lowest BCUT2D eigenvalue weighted by Gasteiger charge is -2.30. The van der Waals surface area contributed by atoms with Crippen LogP contribution < -0.4 is 24.3 Å². The van der Waals surface area contributed by atoms with Gasteiger partial charge in [-0.05, 0) is 55.2 Å². The first-order valence-corrected chi connectivity index (χ1v) is 11.2. The molecule has 0 fully saturated rings. The number of methoxy groups -OCH3 is 1. The van der Waals surface area contributed by atoms with E-state index < -0.39 is 0 Å². The highest BCUT2D eigenvalue weighted by Gasteiger charge is 2.28. The molecule has 0 bridgehead atoms. The van der Waals surface area contributed by atoms with Gasteiger partial charge in [0, 0.05) is 12.1 Å². The molecule has 0 saturated heterocycles. The van der Waals surface area contributed by atoms with Gasteiger partial charge in [-0.15, -0.1) is 0 Å². The summed E-state index contributed by atoms with van der Waals surface area (Å²) in [6.07, 6.45) is 0.933. The third-order valence-corrected chi connectivity index (χ3v) is 5.63. The van der Waals surface area contributed by atoms with E-state index in [-0.39, 0.29) is 6.04 Å². The standard InChI is InChI=1S/C27H31NO4/c1-4-30-24-16-20-14-15-28-26(22(20)17-25(24)31-5-2)21-12-9-13-23(29-3)27(21)32-18-19-10-7-6-8-11-19/h6-13,16-17,26,28H,4-5,14-15,18H2,1-3H3. The molecule has 5 heteroatoms. The van der Waals surface area contributed by atoms with E-state index in [9.17, 15) is 0 Å². The van der Waals surface area contributed by atoms with Crippen LogP contribution in [0.4, 0.5) is 0 Å². The zero-order valence-electron chi connectivity index (χ0n) is 19.0. The second kappa shape index (κ2) is 10.4. The van der Waals surface area contributed by atoms with Gasteiger partial charge in [-0.3, -0.25) is 0 Å². The van der Waals surface area contributed by atoms with Crippen molar-refractivity contribution in [3.63, 3.8) is 0 Å². The lowest BCUT2D eigenvalue weighted by Crippen LogP contribution is -2.31. The molecule has 1 N–H and O–H groups in total. The molecule has 0 amide bonds. The van der Waals surface area contributed by atoms with E-state index in [2.05, 4.69) is 35.6 Å². The number of ether oxygens (including phenoxy) is 4. The van der Waals surface area contributed by atoms with Crippen LogP contribution in [0.1, 0.15) is 42.1 Å². The number of hydrogen-bond donors (Lipinski definition) is 1. The molecule has 1 heterocycles. The lowest BCUT2D eigenvalue weighted by molar-refractivity contribution is 0.278. The van der Waals surface area contributed by atoms with Crippen molar-refractivity contribution >= 4 is 0 Å². The summed E-state index contributed by atoms with van der Waals surface area (Å²) in [6.45, 7) is 6.51. The van der Waals surface area contributed by atoms with Gasteiger partial charge in [-0.1, -0.05) is 42.5 Å². The molecule has 0 radical (unpaired) electrons. The normalized spacial score (nSPS) is 15.0. The first-order chi connectivity index (χ1) is 15.7. The van der Waals surface area contributed by atoms with Gasteiger partial charge in [-0.25, -0.2) is 0 Å². The Hall–Kier alpha value is -3.18. The molecule has 1 aliphatic heterocycles. The van der Waals surface area contributed by atoms with Gasteiger partial charge >= 0.3 is 0 Å². The monoisotopic (exact) mass is 433 g/mol. The van der Waals surface area contributed by atoms with Crippen LogP contribution in [0.15, 0.2) is 60.7 Å². The van der Waals surface area contributed by atoms with Crippen LogP contribution >= 0.6 is 0 Å². The summed E-state index contributed by atoms with van der Waals surface area (Å²) >= 11 is 0. The third-order valence-electron chi connectivity index (χ3n) is 5.63. The minimum atomic E-state index is -0.0329. The molecule has 3 aromatic carbocycles. The van der Waals surface area contributed by atoms with Gasteiger partial charge in [0.05, 0.1) is 26.4 Å². The summed E-state index contributed by atoms with van der Waals surface area (Å²) in [7, 11) is 1.68. The SMILES string of the molecule is CCOc1cc2c(cc1OCC)C(c1cccc(OC)c1OCc1ccccc1)NCC2. The molecule has 0 spiro atoms. The van der Waals surface area contributed by atoms with Crippen molar-refractivity contribution in [2.24, 2.45) is 0 Å². The second-order valence-electron chi connectivity index (χ2n) is 7.65. The van der Waals surface area contributed by atoms with Crippen LogP contribution in [0.5, 0.6) is 23.0 Å². The molecule has 5 nitrogen and oxygen atoms in total. The summed E-state index contributed by atoms with van der Waals surface area (Å²) in [5, 5.41) is 3.67. The zero-order chi connectivity index (χ0) is 22.3. The van der Waals surface area contributed by atoms with Crippen LogP contribution in [0.2, 0.25) is 0 Å². The zero-order valence-corrected chi connectivity index (χ0v) is 19.0. The fourth-order valence-corrected chi connectivity index (χ4v) is 4.18. The number of rotatable bonds is 9. The summed E-state index contributed by atoms with van der Waals surface area (Å²) in [4.78, 5) is 0. The first kappa shape index (κ1) is 22.0. The number of fused-ring (bicyclic) bond motifs is 1. The maximum Gasteiger partial charge on any atom is 0.166 e. The Labute approximate surface area is 190 Å². The molecular formula is C27H31NO4. The Morgan fingerprint density at radius 2 is 1.56 bits per heavy atom. The summed E-state index contributed by atoms with van der Waals surface area (Å²) in [6, 6.07) is 20.4. The van der Waals surface area contributed by atoms with Crippen LogP contribution in [-0.4, -0.2) is 26.9 Å². The van der Waals surface area contributed by atoms with Gasteiger partial charge in [0.15, 0.2) is 23.0 Å². The topological polar surface area (TPSA) is 49.0 Å². The molecule has 1 unspecified atom stereocenters. The van der Waals surface area contributed by atoms with E-state index in [4.69, 9.17) is 18.9 Å². The van der Waals surface area contributed by atoms with Crippen molar-refractivity contribution in [3.05, 3.63) is 82.9 Å². The molecule has 168 valence electrons. The Balaban J connectivity index is 1.73. The van der Waals surface area contributed by atoms with E-state index >= 15 is 0 Å². The van der Waals surface area contributed by atoms with E-state index in [1.165, 1.54) is 11.1 Å². The van der Waals surface area contributed by atoms with E-state index in [0.717, 1.165) is 47.1 Å². The maximum atomic E-state index is 6.33. The predicted molar refractivity (Wildman–Crippen MR) is 126 cm³/mol. The highest BCUT2D eigenvalue weighted by molar-refractivity contribution is 5.56. The van der Waals surface area contributed by atoms with Gasteiger partial charge in [0.25, 0.3) is 0 Å². The van der Waals surface area contributed by atoms with Crippen LogP contribution in [0, 0.1) is 0 Å². The van der Waals surface area contributed by atoms with Crippen LogP contribution in [-0.2, 0) is 13.0 Å². The largest absolute Gasteiger partial charge is 0.493 e. The van der Waals surface area contributed by atoms with E-state index in [1.54, 1.807) is 7.11 Å². The van der Waals surface area contributed by atoms with E-state index in [1.807, 2.05) is 44.2 Å². The predicted octanol–water partition coefficient (Wildman–Crippen LogP) is 5.31. The smallest absolute Gasteiger partial charge is 0.166 e. The molecule has 1 aliphatic rings. The Morgan fingerprint density at radius 1 is 0.812 bits per heavy atom. The van der Waals surface area contributed by atoms with Crippen molar-refractivity contribution in [1.29, 1.82) is 0 Å². The second-order valence-corrected chi connectivity index (χ2v) is 7.65. The fourth-order valence-electron chi connectivity index (χ4n) is 4.18. The van der Waals surface area contributed by atoms with Gasteiger partial charge in [0.1, 0.15) is 6.61 Å². The van der Waals surface area contributed by atoms with Crippen LogP contribution in [0.3, 0.4) is 0 Å². The average Bonchev–Trinajstić information content (AvgIpc) is 2.83. The quantitative estimate of drug-likeness (QED) is 0.496. The van der Waals surface area contributed by atoms with Crippen molar-refractivity contribution in [2.75, 3.05) is 26.9 Å². The average molecular weight is 434 g/mol. The molecule has 0 saturated carbocycles. The minimum absolute atomic E-state index is 0.0329. The first-order valence-electron chi connectivity index (χ1n) is 11.2. The number of nitrogens with one attached hydrogen (secondary N) is 1. The van der Waals surface area contributed by atoms with E-state index in [0.29, 0.717) is 19.8 Å². The Morgan fingerprint density at radius 3 is 2.28 bits per heavy atom. The number of para-hydroxylation sites is 1. The van der Waals surface area contributed by atoms with Crippen molar-refractivity contribution in [2.45, 2.75) is 32.9 Å². The van der Waals surface area contributed by atoms with Crippen molar-refractivity contribution in [1.82, 2.24) is 5.32 Å². The van der Waals surface area contributed by atoms with Gasteiger partial charge < -0.3 is 24.3 Å². The third kappa shape index (κ3) is 4.68. The highest BCUT2D eigenvalue weighted by atomic mass is 16.5. The molecular weight excluding hydrogens is 402 g/mol. The summed E-state index contributed by atoms with van der Waals surface area (Å²) < 4.78 is 23.8. The van der Waals surface area contributed by atoms with Crippen LogP contribution in [0.25, 0.3) is 0 Å². The number of hydrogen-bond acceptors (Lipinski definition) is 5. The summed E-state index contributed by atoms with van der Waals surface area (Å²) in [5.41, 5.74) is 4.60. The maximum absolute atomic E-state index is 6.33. The minimum Gasteiger partial charge on any atom is -0.493 e. The molecule has 3 aromatic rings.